The summed E-state index contributed by atoms with van der Waals surface area (Å²) in [6.45, 7) is 6.63. The Morgan fingerprint density at radius 1 is 1.44 bits per heavy atom. The second-order valence-corrected chi connectivity index (χ2v) is 9.91. The van der Waals surface area contributed by atoms with Crippen LogP contribution in [-0.4, -0.2) is 74.3 Å². The van der Waals surface area contributed by atoms with E-state index >= 15 is 0 Å². The van der Waals surface area contributed by atoms with Crippen molar-refractivity contribution in [1.82, 2.24) is 19.5 Å². The number of phosphoric acid groups is 1. The lowest BCUT2D eigenvalue weighted by molar-refractivity contribution is -0.148. The van der Waals surface area contributed by atoms with Crippen LogP contribution in [0.5, 0.6) is 5.88 Å². The minimum atomic E-state index is -4.07. The molecule has 5 atom stereocenters. The third-order valence-corrected chi connectivity index (χ3v) is 6.67. The lowest BCUT2D eigenvalue weighted by Crippen LogP contribution is -2.47. The summed E-state index contributed by atoms with van der Waals surface area (Å²) in [5, 5.41) is 11.4. The molecule has 0 aliphatic carbocycles. The van der Waals surface area contributed by atoms with Crippen LogP contribution in [0.4, 0.5) is 5.95 Å². The number of ether oxygens (including phenoxy) is 3. The first-order valence-electron chi connectivity index (χ1n) is 10.8. The second-order valence-electron chi connectivity index (χ2n) is 8.29. The average Bonchev–Trinajstić information content (AvgIpc) is 3.26. The SMILES string of the molecule is CCOc1nc(N)nc2c1ncn2C1OC2COP(=O)(OCCC(=O)OC(C)C)OC2C1(C)O. The van der Waals surface area contributed by atoms with Gasteiger partial charge in [0.1, 0.15) is 17.8 Å². The fourth-order valence-electron chi connectivity index (χ4n) is 3.82. The van der Waals surface area contributed by atoms with Crippen molar-refractivity contribution in [3.05, 3.63) is 6.33 Å². The molecule has 0 amide bonds. The lowest BCUT2D eigenvalue weighted by Gasteiger charge is -2.34. The Morgan fingerprint density at radius 2 is 2.21 bits per heavy atom. The normalized spacial score (nSPS) is 31.1. The molecule has 0 saturated carbocycles. The van der Waals surface area contributed by atoms with Gasteiger partial charge in [0, 0.05) is 0 Å². The second kappa shape index (κ2) is 9.36. The summed E-state index contributed by atoms with van der Waals surface area (Å²) in [5.74, 6) is -0.346. The number of nitrogens with zero attached hydrogens (tertiary/aromatic N) is 4. The number of anilines is 1. The van der Waals surface area contributed by atoms with Crippen molar-refractivity contribution in [3.8, 4) is 5.88 Å². The number of esters is 1. The fourth-order valence-corrected chi connectivity index (χ4v) is 5.29. The molecule has 5 unspecified atom stereocenters. The number of carbonyl (C=O) groups excluding carboxylic acids is 1. The van der Waals surface area contributed by atoms with E-state index in [0.29, 0.717) is 12.1 Å². The van der Waals surface area contributed by atoms with Crippen molar-refractivity contribution in [1.29, 1.82) is 0 Å². The number of hydrogen-bond donors (Lipinski definition) is 2. The third-order valence-electron chi connectivity index (χ3n) is 5.22. The van der Waals surface area contributed by atoms with Crippen LogP contribution in [0.25, 0.3) is 11.2 Å². The molecule has 15 heteroatoms. The van der Waals surface area contributed by atoms with Gasteiger partial charge < -0.3 is 25.1 Å². The van der Waals surface area contributed by atoms with Gasteiger partial charge in [0.15, 0.2) is 17.4 Å². The Hall–Kier alpha value is -2.35. The number of rotatable bonds is 8. The predicted octanol–water partition coefficient (Wildman–Crippen LogP) is 1.34. The van der Waals surface area contributed by atoms with Gasteiger partial charge in [0.25, 0.3) is 0 Å². The number of nitrogen functional groups attached to an aromatic ring is 1. The monoisotopic (exact) mass is 501 g/mol. The van der Waals surface area contributed by atoms with E-state index in [2.05, 4.69) is 15.0 Å². The maximum Gasteiger partial charge on any atom is 0.475 e. The number of phosphoric ester groups is 1. The van der Waals surface area contributed by atoms with Crippen LogP contribution in [0.3, 0.4) is 0 Å². The van der Waals surface area contributed by atoms with Crippen LogP contribution in [0.1, 0.15) is 40.3 Å². The highest BCUT2D eigenvalue weighted by Crippen LogP contribution is 2.58. The van der Waals surface area contributed by atoms with Gasteiger partial charge in [-0.25, -0.2) is 9.55 Å². The Balaban J connectivity index is 1.51. The van der Waals surface area contributed by atoms with Gasteiger partial charge in [-0.05, 0) is 27.7 Å². The number of aliphatic hydroxyl groups is 1. The highest BCUT2D eigenvalue weighted by molar-refractivity contribution is 7.48. The van der Waals surface area contributed by atoms with E-state index in [4.69, 9.17) is 33.5 Å². The molecule has 3 N–H and O–H groups in total. The molecule has 188 valence electrons. The zero-order valence-corrected chi connectivity index (χ0v) is 20.1. The average molecular weight is 501 g/mol. The lowest BCUT2D eigenvalue weighted by atomic mass is 9.96. The van der Waals surface area contributed by atoms with E-state index in [-0.39, 0.29) is 43.2 Å². The van der Waals surface area contributed by atoms with Gasteiger partial charge >= 0.3 is 13.8 Å². The molecule has 2 fully saturated rings. The van der Waals surface area contributed by atoms with E-state index in [1.807, 2.05) is 0 Å². The molecule has 2 aliphatic rings. The Labute approximate surface area is 195 Å². The summed E-state index contributed by atoms with van der Waals surface area (Å²) in [4.78, 5) is 24.2. The molecule has 0 spiro atoms. The van der Waals surface area contributed by atoms with E-state index < -0.39 is 37.8 Å². The number of aromatic nitrogens is 4. The summed E-state index contributed by atoms with van der Waals surface area (Å²) >= 11 is 0. The van der Waals surface area contributed by atoms with Gasteiger partial charge in [-0.3, -0.25) is 22.9 Å². The van der Waals surface area contributed by atoms with Crippen molar-refractivity contribution in [2.24, 2.45) is 0 Å². The summed E-state index contributed by atoms with van der Waals surface area (Å²) in [6, 6.07) is 0. The topological polar surface area (TPSA) is 179 Å². The molecule has 4 heterocycles. The fraction of sp³-hybridized carbons (Fsp3) is 0.684. The van der Waals surface area contributed by atoms with Crippen LogP contribution in [-0.2, 0) is 32.4 Å². The van der Waals surface area contributed by atoms with E-state index in [0.717, 1.165) is 0 Å². The molecule has 34 heavy (non-hydrogen) atoms. The number of fused-ring (bicyclic) bond motifs is 2. The van der Waals surface area contributed by atoms with E-state index in [1.54, 1.807) is 20.8 Å². The van der Waals surface area contributed by atoms with Crippen molar-refractivity contribution < 1.29 is 42.2 Å². The van der Waals surface area contributed by atoms with Crippen molar-refractivity contribution in [3.63, 3.8) is 0 Å². The van der Waals surface area contributed by atoms with Gasteiger partial charge in [-0.1, -0.05) is 0 Å². The van der Waals surface area contributed by atoms with Crippen molar-refractivity contribution >= 4 is 30.9 Å². The number of nitrogens with two attached hydrogens (primary N) is 1. The van der Waals surface area contributed by atoms with Crippen molar-refractivity contribution in [2.45, 2.75) is 64.3 Å². The zero-order chi connectivity index (χ0) is 24.7. The van der Waals surface area contributed by atoms with E-state index in [1.165, 1.54) is 17.8 Å². The predicted molar refractivity (Wildman–Crippen MR) is 116 cm³/mol. The molecule has 14 nitrogen and oxygen atoms in total. The maximum atomic E-state index is 13.0. The summed E-state index contributed by atoms with van der Waals surface area (Å²) < 4.78 is 47.0. The smallest absolute Gasteiger partial charge is 0.475 e. The zero-order valence-electron chi connectivity index (χ0n) is 19.2. The highest BCUT2D eigenvalue weighted by atomic mass is 31.2. The molecule has 2 saturated heterocycles. The Kier molecular flexibility index (Phi) is 6.82. The first kappa shape index (κ1) is 24.8. The Bertz CT molecular complexity index is 1110. The molecule has 0 aromatic carbocycles. The van der Waals surface area contributed by atoms with Gasteiger partial charge in [-0.15, -0.1) is 0 Å². The first-order chi connectivity index (χ1) is 16.0. The minimum Gasteiger partial charge on any atom is -0.476 e. The van der Waals surface area contributed by atoms with Crippen LogP contribution >= 0.6 is 7.82 Å². The molecule has 4 rings (SSSR count). The number of hydrogen-bond acceptors (Lipinski definition) is 13. The molecule has 0 bridgehead atoms. The highest BCUT2D eigenvalue weighted by Gasteiger charge is 2.60. The summed E-state index contributed by atoms with van der Waals surface area (Å²) in [5.41, 5.74) is 4.75. The summed E-state index contributed by atoms with van der Waals surface area (Å²) in [7, 11) is -4.07. The standard InChI is InChI=1S/C19H28N5O9P/c1-5-28-16-13-15(22-18(20)23-16)24(9-21-13)17-19(4,26)14-11(32-17)8-30-34(27,33-14)29-7-6-12(25)31-10(2)3/h9-11,14,17,26H,5-8H2,1-4H3,(H2,20,22,23). The maximum absolute atomic E-state index is 13.0. The molecular formula is C19H28N5O9P. The van der Waals surface area contributed by atoms with Gasteiger partial charge in [0.2, 0.25) is 11.8 Å². The van der Waals surface area contributed by atoms with Crippen LogP contribution in [0.2, 0.25) is 0 Å². The van der Waals surface area contributed by atoms with Crippen molar-refractivity contribution in [2.75, 3.05) is 25.6 Å². The molecule has 2 aromatic rings. The molecule has 2 aromatic heterocycles. The van der Waals surface area contributed by atoms with Gasteiger partial charge in [0.05, 0.1) is 38.7 Å². The van der Waals surface area contributed by atoms with Gasteiger partial charge in [-0.2, -0.15) is 9.97 Å². The van der Waals surface area contributed by atoms with E-state index in [9.17, 15) is 14.5 Å². The summed E-state index contributed by atoms with van der Waals surface area (Å²) in [6.07, 6.45) is -1.87. The molecule has 0 radical (unpaired) electrons. The number of imidazole rings is 1. The minimum absolute atomic E-state index is 0.0405. The van der Waals surface area contributed by atoms with Crippen LogP contribution in [0, 0.1) is 0 Å². The number of carbonyl (C=O) groups is 1. The largest absolute Gasteiger partial charge is 0.476 e. The van der Waals surface area contributed by atoms with Crippen LogP contribution in [0.15, 0.2) is 6.33 Å². The third kappa shape index (κ3) is 4.74. The first-order valence-corrected chi connectivity index (χ1v) is 12.3. The van der Waals surface area contributed by atoms with Crippen LogP contribution < -0.4 is 10.5 Å². The molecule has 2 aliphatic heterocycles. The quantitative estimate of drug-likeness (QED) is 0.391. The Morgan fingerprint density at radius 3 is 2.91 bits per heavy atom. The molecular weight excluding hydrogens is 473 g/mol.